The molecule has 2 aliphatic heterocycles. The van der Waals surface area contributed by atoms with E-state index in [1.807, 2.05) is 0 Å². The van der Waals surface area contributed by atoms with E-state index in [4.69, 9.17) is 14.2 Å². The summed E-state index contributed by atoms with van der Waals surface area (Å²) in [7, 11) is 0. The van der Waals surface area contributed by atoms with Gasteiger partial charge >= 0.3 is 5.97 Å². The van der Waals surface area contributed by atoms with E-state index >= 15 is 0 Å². The van der Waals surface area contributed by atoms with Crippen molar-refractivity contribution in [3.63, 3.8) is 0 Å². The predicted octanol–water partition coefficient (Wildman–Crippen LogP) is 3.97. The molecule has 2 aliphatic rings. The molecule has 0 aromatic rings. The van der Waals surface area contributed by atoms with Crippen molar-refractivity contribution in [1.82, 2.24) is 0 Å². The van der Waals surface area contributed by atoms with Crippen molar-refractivity contribution in [3.8, 4) is 0 Å². The van der Waals surface area contributed by atoms with Gasteiger partial charge in [0, 0.05) is 13.0 Å². The lowest BCUT2D eigenvalue weighted by Gasteiger charge is -2.28. The molecule has 0 spiro atoms. The van der Waals surface area contributed by atoms with Crippen molar-refractivity contribution in [3.05, 3.63) is 0 Å². The zero-order chi connectivity index (χ0) is 14.8. The molecule has 4 heteroatoms. The lowest BCUT2D eigenvalue weighted by Crippen LogP contribution is -2.28. The van der Waals surface area contributed by atoms with Crippen molar-refractivity contribution in [2.75, 3.05) is 13.2 Å². The first kappa shape index (κ1) is 16.8. The monoisotopic (exact) mass is 298 g/mol. The smallest absolute Gasteiger partial charge is 0.305 e. The molecule has 0 radical (unpaired) electrons. The Bertz CT molecular complexity index is 287. The van der Waals surface area contributed by atoms with Crippen molar-refractivity contribution in [1.29, 1.82) is 0 Å². The van der Waals surface area contributed by atoms with E-state index in [1.54, 1.807) is 0 Å². The summed E-state index contributed by atoms with van der Waals surface area (Å²) in [5.74, 6) is -0.0395. The molecule has 0 saturated carbocycles. The molecule has 0 N–H and O–H groups in total. The largest absolute Gasteiger partial charge is 0.466 e. The Morgan fingerprint density at radius 2 is 1.52 bits per heavy atom. The average molecular weight is 298 g/mol. The number of hydrogen-bond acceptors (Lipinski definition) is 4. The molecule has 0 aromatic carbocycles. The highest BCUT2D eigenvalue weighted by molar-refractivity contribution is 5.69. The third-order valence-corrected chi connectivity index (χ3v) is 4.32. The molecular formula is C17H30O4. The molecule has 2 unspecified atom stereocenters. The Labute approximate surface area is 128 Å². The van der Waals surface area contributed by atoms with Crippen LogP contribution in [0.3, 0.4) is 0 Å². The maximum atomic E-state index is 11.5. The van der Waals surface area contributed by atoms with Gasteiger partial charge in [-0.25, -0.2) is 0 Å². The third-order valence-electron chi connectivity index (χ3n) is 4.32. The predicted molar refractivity (Wildman–Crippen MR) is 81.0 cm³/mol. The van der Waals surface area contributed by atoms with Crippen LogP contribution in [0.4, 0.5) is 0 Å². The van der Waals surface area contributed by atoms with Gasteiger partial charge in [0.1, 0.15) is 0 Å². The second-order valence-electron chi connectivity index (χ2n) is 6.22. The fourth-order valence-corrected chi connectivity index (χ4v) is 3.04. The quantitative estimate of drug-likeness (QED) is 0.724. The summed E-state index contributed by atoms with van der Waals surface area (Å²) in [6.45, 7) is 1.43. The third kappa shape index (κ3) is 7.28. The SMILES string of the molecule is O=C1CCCCC(OC2CCCCO2)CCCCCCO1. The molecule has 2 heterocycles. The zero-order valence-electron chi connectivity index (χ0n) is 13.2. The fraction of sp³-hybridized carbons (Fsp3) is 0.941. The first-order valence-corrected chi connectivity index (χ1v) is 8.77. The molecule has 2 atom stereocenters. The summed E-state index contributed by atoms with van der Waals surface area (Å²) in [5.41, 5.74) is 0. The van der Waals surface area contributed by atoms with Gasteiger partial charge in [0.15, 0.2) is 6.29 Å². The molecule has 0 bridgehead atoms. The minimum atomic E-state index is -0.0395. The molecular weight excluding hydrogens is 268 g/mol. The van der Waals surface area contributed by atoms with Gasteiger partial charge in [-0.15, -0.1) is 0 Å². The lowest BCUT2D eigenvalue weighted by molar-refractivity contribution is -0.190. The Hall–Kier alpha value is -0.610. The Kier molecular flexibility index (Phi) is 8.12. The number of rotatable bonds is 2. The number of carbonyl (C=O) groups is 1. The maximum absolute atomic E-state index is 11.5. The van der Waals surface area contributed by atoms with E-state index < -0.39 is 0 Å². The Balaban J connectivity index is 1.75. The summed E-state index contributed by atoms with van der Waals surface area (Å²) in [5, 5.41) is 0. The maximum Gasteiger partial charge on any atom is 0.305 e. The molecule has 0 aliphatic carbocycles. The van der Waals surface area contributed by atoms with Gasteiger partial charge in [0.25, 0.3) is 0 Å². The summed E-state index contributed by atoms with van der Waals surface area (Å²) in [4.78, 5) is 11.5. The van der Waals surface area contributed by atoms with Crippen LogP contribution < -0.4 is 0 Å². The first-order valence-electron chi connectivity index (χ1n) is 8.77. The topological polar surface area (TPSA) is 44.8 Å². The molecule has 4 nitrogen and oxygen atoms in total. The molecule has 2 fully saturated rings. The summed E-state index contributed by atoms with van der Waals surface area (Å²) in [6, 6.07) is 0. The van der Waals surface area contributed by atoms with Crippen LogP contribution in [-0.4, -0.2) is 31.6 Å². The van der Waals surface area contributed by atoms with Crippen LogP contribution in [0.1, 0.15) is 77.0 Å². The average Bonchev–Trinajstić information content (AvgIpc) is 2.52. The normalized spacial score (nSPS) is 30.6. The van der Waals surface area contributed by atoms with Gasteiger partial charge in [-0.05, 0) is 44.9 Å². The van der Waals surface area contributed by atoms with Gasteiger partial charge in [-0.2, -0.15) is 0 Å². The Morgan fingerprint density at radius 1 is 0.810 bits per heavy atom. The number of hydrogen-bond donors (Lipinski definition) is 0. The van der Waals surface area contributed by atoms with Crippen LogP contribution in [0.2, 0.25) is 0 Å². The Morgan fingerprint density at radius 3 is 2.33 bits per heavy atom. The summed E-state index contributed by atoms with van der Waals surface area (Å²) < 4.78 is 17.1. The van der Waals surface area contributed by atoms with Gasteiger partial charge in [0.05, 0.1) is 12.7 Å². The highest BCUT2D eigenvalue weighted by Crippen LogP contribution is 2.21. The second-order valence-corrected chi connectivity index (χ2v) is 6.22. The number of cyclic esters (lactones) is 1. The van der Waals surface area contributed by atoms with Crippen LogP contribution in [0.15, 0.2) is 0 Å². The fourth-order valence-electron chi connectivity index (χ4n) is 3.04. The van der Waals surface area contributed by atoms with Crippen molar-refractivity contribution >= 4 is 5.97 Å². The van der Waals surface area contributed by atoms with Crippen LogP contribution in [0.25, 0.3) is 0 Å². The summed E-state index contributed by atoms with van der Waals surface area (Å²) in [6.07, 6.45) is 12.9. The van der Waals surface area contributed by atoms with E-state index in [0.29, 0.717) is 19.1 Å². The van der Waals surface area contributed by atoms with Crippen LogP contribution in [0.5, 0.6) is 0 Å². The van der Waals surface area contributed by atoms with Crippen molar-refractivity contribution in [2.24, 2.45) is 0 Å². The molecule has 21 heavy (non-hydrogen) atoms. The van der Waals surface area contributed by atoms with E-state index in [2.05, 4.69) is 0 Å². The minimum absolute atomic E-state index is 0.00407. The van der Waals surface area contributed by atoms with E-state index in [9.17, 15) is 4.79 Å². The van der Waals surface area contributed by atoms with Crippen molar-refractivity contribution in [2.45, 2.75) is 89.4 Å². The van der Waals surface area contributed by atoms with Crippen molar-refractivity contribution < 1.29 is 19.0 Å². The first-order chi connectivity index (χ1) is 10.3. The van der Waals surface area contributed by atoms with E-state index in [1.165, 1.54) is 19.3 Å². The number of ether oxygens (including phenoxy) is 3. The number of esters is 1. The minimum Gasteiger partial charge on any atom is -0.466 e. The molecule has 0 amide bonds. The highest BCUT2D eigenvalue weighted by atomic mass is 16.7. The van der Waals surface area contributed by atoms with Gasteiger partial charge in [0.2, 0.25) is 0 Å². The standard InChI is InChI=1S/C17H30O4/c18-16-11-5-4-10-15(9-3-1-2-7-13-19-16)21-17-12-6-8-14-20-17/h15,17H,1-14H2. The van der Waals surface area contributed by atoms with Gasteiger partial charge < -0.3 is 14.2 Å². The number of carbonyl (C=O) groups excluding carboxylic acids is 1. The van der Waals surface area contributed by atoms with Crippen LogP contribution in [-0.2, 0) is 19.0 Å². The van der Waals surface area contributed by atoms with Crippen LogP contribution >= 0.6 is 0 Å². The summed E-state index contributed by atoms with van der Waals surface area (Å²) >= 11 is 0. The highest BCUT2D eigenvalue weighted by Gasteiger charge is 2.19. The molecule has 2 saturated heterocycles. The lowest BCUT2D eigenvalue weighted by atomic mass is 10.0. The second kappa shape index (κ2) is 10.2. The van der Waals surface area contributed by atoms with Crippen LogP contribution in [0, 0.1) is 0 Å². The van der Waals surface area contributed by atoms with E-state index in [0.717, 1.165) is 58.0 Å². The molecule has 2 rings (SSSR count). The van der Waals surface area contributed by atoms with E-state index in [-0.39, 0.29) is 12.3 Å². The molecule has 122 valence electrons. The van der Waals surface area contributed by atoms with Gasteiger partial charge in [-0.1, -0.05) is 25.7 Å². The van der Waals surface area contributed by atoms with Gasteiger partial charge in [-0.3, -0.25) is 4.79 Å². The molecule has 0 aromatic heterocycles. The zero-order valence-corrected chi connectivity index (χ0v) is 13.2.